The molecule has 2 atom stereocenters. The molecule has 1 aliphatic rings. The molecule has 1 aliphatic carbocycles. The lowest BCUT2D eigenvalue weighted by atomic mass is 9.86. The van der Waals surface area contributed by atoms with Gasteiger partial charge in [0.1, 0.15) is 0 Å². The monoisotopic (exact) mass is 253 g/mol. The van der Waals surface area contributed by atoms with E-state index in [4.69, 9.17) is 0 Å². The molecule has 108 valence electrons. The van der Waals surface area contributed by atoms with E-state index in [2.05, 4.69) is 33.0 Å². The van der Waals surface area contributed by atoms with Crippen LogP contribution in [-0.4, -0.2) is 12.6 Å². The molecule has 0 aromatic heterocycles. The van der Waals surface area contributed by atoms with Crippen molar-refractivity contribution in [3.05, 3.63) is 0 Å². The third kappa shape index (κ3) is 6.78. The molecule has 0 amide bonds. The van der Waals surface area contributed by atoms with Gasteiger partial charge in [-0.05, 0) is 37.0 Å². The lowest BCUT2D eigenvalue weighted by Crippen LogP contribution is -2.36. The minimum atomic E-state index is 0.479. The van der Waals surface area contributed by atoms with Gasteiger partial charge in [0.25, 0.3) is 0 Å². The highest BCUT2D eigenvalue weighted by Crippen LogP contribution is 2.26. The van der Waals surface area contributed by atoms with Crippen LogP contribution in [0.25, 0.3) is 0 Å². The zero-order chi connectivity index (χ0) is 13.4. The summed E-state index contributed by atoms with van der Waals surface area (Å²) in [6.07, 6.45) is 12.6. The fourth-order valence-corrected chi connectivity index (χ4v) is 3.05. The Morgan fingerprint density at radius 2 is 1.83 bits per heavy atom. The van der Waals surface area contributed by atoms with Gasteiger partial charge in [-0.3, -0.25) is 0 Å². The number of rotatable bonds is 7. The normalized spacial score (nSPS) is 26.0. The first kappa shape index (κ1) is 16.0. The summed E-state index contributed by atoms with van der Waals surface area (Å²) in [5.41, 5.74) is 0.479. The van der Waals surface area contributed by atoms with Crippen LogP contribution in [0, 0.1) is 11.3 Å². The standard InChI is InChI=1S/C17H35N/c1-5-6-7-13-17(3,4)14-18-16-10-8-9-15(2)11-12-16/h15-16,18H,5-14H2,1-4H3. The molecule has 1 rings (SSSR count). The van der Waals surface area contributed by atoms with E-state index >= 15 is 0 Å². The van der Waals surface area contributed by atoms with Crippen LogP contribution < -0.4 is 5.32 Å². The molecule has 0 aromatic rings. The molecule has 0 aliphatic heterocycles. The van der Waals surface area contributed by atoms with E-state index in [-0.39, 0.29) is 0 Å². The van der Waals surface area contributed by atoms with Crippen LogP contribution in [-0.2, 0) is 0 Å². The minimum Gasteiger partial charge on any atom is -0.313 e. The van der Waals surface area contributed by atoms with Crippen LogP contribution in [0.5, 0.6) is 0 Å². The minimum absolute atomic E-state index is 0.479. The first-order valence-electron chi connectivity index (χ1n) is 8.27. The van der Waals surface area contributed by atoms with E-state index in [1.165, 1.54) is 64.3 Å². The van der Waals surface area contributed by atoms with Gasteiger partial charge in [0.05, 0.1) is 0 Å². The molecular formula is C17H35N. The molecule has 0 aromatic carbocycles. The maximum atomic E-state index is 3.85. The molecule has 0 radical (unpaired) electrons. The number of nitrogens with one attached hydrogen (secondary N) is 1. The fraction of sp³-hybridized carbons (Fsp3) is 1.00. The van der Waals surface area contributed by atoms with E-state index in [0.717, 1.165) is 12.0 Å². The molecule has 1 N–H and O–H groups in total. The second-order valence-corrected chi connectivity index (χ2v) is 7.31. The zero-order valence-corrected chi connectivity index (χ0v) is 13.2. The lowest BCUT2D eigenvalue weighted by molar-refractivity contribution is 0.279. The average molecular weight is 253 g/mol. The Labute approximate surface area is 115 Å². The molecule has 18 heavy (non-hydrogen) atoms. The van der Waals surface area contributed by atoms with Gasteiger partial charge in [0.15, 0.2) is 0 Å². The third-order valence-corrected chi connectivity index (χ3v) is 4.58. The molecule has 0 saturated heterocycles. The maximum absolute atomic E-state index is 3.85. The molecule has 1 heteroatoms. The van der Waals surface area contributed by atoms with Crippen LogP contribution in [0.3, 0.4) is 0 Å². The summed E-state index contributed by atoms with van der Waals surface area (Å²) in [6.45, 7) is 10.8. The summed E-state index contributed by atoms with van der Waals surface area (Å²) in [5, 5.41) is 3.85. The van der Waals surface area contributed by atoms with Crippen molar-refractivity contribution in [1.29, 1.82) is 0 Å². The van der Waals surface area contributed by atoms with Gasteiger partial charge in [-0.1, -0.05) is 59.8 Å². The number of hydrogen-bond donors (Lipinski definition) is 1. The molecule has 0 bridgehead atoms. The Kier molecular flexibility index (Phi) is 7.29. The summed E-state index contributed by atoms with van der Waals surface area (Å²) in [5.74, 6) is 0.953. The zero-order valence-electron chi connectivity index (χ0n) is 13.2. The summed E-state index contributed by atoms with van der Waals surface area (Å²) in [4.78, 5) is 0. The van der Waals surface area contributed by atoms with Crippen molar-refractivity contribution in [3.8, 4) is 0 Å². The van der Waals surface area contributed by atoms with Crippen LogP contribution in [0.15, 0.2) is 0 Å². The van der Waals surface area contributed by atoms with E-state index in [1.54, 1.807) is 0 Å². The van der Waals surface area contributed by atoms with E-state index in [9.17, 15) is 0 Å². The van der Waals surface area contributed by atoms with Crippen molar-refractivity contribution >= 4 is 0 Å². The summed E-state index contributed by atoms with van der Waals surface area (Å²) < 4.78 is 0. The average Bonchev–Trinajstić information content (AvgIpc) is 2.52. The summed E-state index contributed by atoms with van der Waals surface area (Å²) in [6, 6.07) is 0.792. The van der Waals surface area contributed by atoms with Gasteiger partial charge in [-0.15, -0.1) is 0 Å². The fourth-order valence-electron chi connectivity index (χ4n) is 3.05. The first-order valence-corrected chi connectivity index (χ1v) is 8.27. The second-order valence-electron chi connectivity index (χ2n) is 7.31. The third-order valence-electron chi connectivity index (χ3n) is 4.58. The van der Waals surface area contributed by atoms with Gasteiger partial charge in [-0.25, -0.2) is 0 Å². The van der Waals surface area contributed by atoms with Crippen molar-refractivity contribution in [2.75, 3.05) is 6.54 Å². The quantitative estimate of drug-likeness (QED) is 0.488. The van der Waals surface area contributed by atoms with E-state index in [1.807, 2.05) is 0 Å². The van der Waals surface area contributed by atoms with Crippen LogP contribution in [0.4, 0.5) is 0 Å². The van der Waals surface area contributed by atoms with Crippen LogP contribution >= 0.6 is 0 Å². The van der Waals surface area contributed by atoms with Gasteiger partial charge >= 0.3 is 0 Å². The number of hydrogen-bond acceptors (Lipinski definition) is 1. The van der Waals surface area contributed by atoms with Crippen molar-refractivity contribution < 1.29 is 0 Å². The lowest BCUT2D eigenvalue weighted by Gasteiger charge is -2.28. The topological polar surface area (TPSA) is 12.0 Å². The van der Waals surface area contributed by atoms with Crippen LogP contribution in [0.1, 0.15) is 85.5 Å². The summed E-state index contributed by atoms with van der Waals surface area (Å²) >= 11 is 0. The molecule has 1 nitrogen and oxygen atoms in total. The van der Waals surface area contributed by atoms with E-state index < -0.39 is 0 Å². The highest BCUT2D eigenvalue weighted by atomic mass is 14.9. The molecular weight excluding hydrogens is 218 g/mol. The Morgan fingerprint density at radius 1 is 1.06 bits per heavy atom. The summed E-state index contributed by atoms with van der Waals surface area (Å²) in [7, 11) is 0. The number of unbranched alkanes of at least 4 members (excludes halogenated alkanes) is 2. The van der Waals surface area contributed by atoms with Gasteiger partial charge in [0, 0.05) is 12.6 Å². The van der Waals surface area contributed by atoms with Crippen molar-refractivity contribution in [2.24, 2.45) is 11.3 Å². The Balaban J connectivity index is 2.21. The Morgan fingerprint density at radius 3 is 2.56 bits per heavy atom. The highest BCUT2D eigenvalue weighted by Gasteiger charge is 2.21. The van der Waals surface area contributed by atoms with Crippen molar-refractivity contribution in [1.82, 2.24) is 5.32 Å². The smallest absolute Gasteiger partial charge is 0.00673 e. The predicted molar refractivity (Wildman–Crippen MR) is 82.0 cm³/mol. The highest BCUT2D eigenvalue weighted by molar-refractivity contribution is 4.78. The van der Waals surface area contributed by atoms with Crippen LogP contribution in [0.2, 0.25) is 0 Å². The first-order chi connectivity index (χ1) is 8.53. The molecule has 2 unspecified atom stereocenters. The SMILES string of the molecule is CCCCCC(C)(C)CNC1CCCC(C)CC1. The van der Waals surface area contributed by atoms with Gasteiger partial charge < -0.3 is 5.32 Å². The predicted octanol–water partition coefficient (Wildman–Crippen LogP) is 5.15. The van der Waals surface area contributed by atoms with Gasteiger partial charge in [-0.2, -0.15) is 0 Å². The van der Waals surface area contributed by atoms with Crippen molar-refractivity contribution in [2.45, 2.75) is 91.5 Å². The largest absolute Gasteiger partial charge is 0.313 e. The van der Waals surface area contributed by atoms with Gasteiger partial charge in [0.2, 0.25) is 0 Å². The second kappa shape index (κ2) is 8.19. The van der Waals surface area contributed by atoms with E-state index in [0.29, 0.717) is 5.41 Å². The molecule has 0 spiro atoms. The molecule has 1 fully saturated rings. The van der Waals surface area contributed by atoms with Crippen molar-refractivity contribution in [3.63, 3.8) is 0 Å². The molecule has 1 saturated carbocycles. The maximum Gasteiger partial charge on any atom is 0.00673 e. The Bertz CT molecular complexity index is 210. The molecule has 0 heterocycles. The Hall–Kier alpha value is -0.0400.